The number of rotatable bonds is 2. The first-order valence-corrected chi connectivity index (χ1v) is 5.96. The quantitative estimate of drug-likeness (QED) is 0.714. The normalized spacial score (nSPS) is 35.6. The van der Waals surface area contributed by atoms with Gasteiger partial charge in [-0.15, -0.1) is 0 Å². The lowest BCUT2D eigenvalue weighted by molar-refractivity contribution is -0.0860. The number of nitrogens with zero attached hydrogens (tertiary/aromatic N) is 1. The van der Waals surface area contributed by atoms with Gasteiger partial charge in [0.25, 0.3) is 0 Å². The number of nitrogens with two attached hydrogens (primary N) is 1. The summed E-state index contributed by atoms with van der Waals surface area (Å²) in [5.41, 5.74) is 5.66. The molecule has 0 bridgehead atoms. The maximum absolute atomic E-state index is 5.66. The minimum absolute atomic E-state index is 0.226. The standard InChI is InChI=1S/C11H22N2O2/c1-9-8-15-11(6-12)7-13(9)10-2-4-14-5-3-10/h9-11H,2-8,12H2,1H3. The van der Waals surface area contributed by atoms with E-state index in [2.05, 4.69) is 11.8 Å². The molecule has 2 aliphatic heterocycles. The molecule has 0 aliphatic carbocycles. The van der Waals surface area contributed by atoms with Crippen LogP contribution in [0.25, 0.3) is 0 Å². The summed E-state index contributed by atoms with van der Waals surface area (Å²) < 4.78 is 11.1. The molecular formula is C11H22N2O2. The van der Waals surface area contributed by atoms with E-state index < -0.39 is 0 Å². The molecule has 4 nitrogen and oxygen atoms in total. The molecule has 2 heterocycles. The van der Waals surface area contributed by atoms with Crippen LogP contribution >= 0.6 is 0 Å². The van der Waals surface area contributed by atoms with E-state index in [1.807, 2.05) is 0 Å². The van der Waals surface area contributed by atoms with Crippen molar-refractivity contribution < 1.29 is 9.47 Å². The number of ether oxygens (including phenoxy) is 2. The molecule has 0 spiro atoms. The molecule has 88 valence electrons. The summed E-state index contributed by atoms with van der Waals surface area (Å²) in [5, 5.41) is 0. The highest BCUT2D eigenvalue weighted by atomic mass is 16.5. The second-order valence-corrected chi connectivity index (χ2v) is 4.58. The largest absolute Gasteiger partial charge is 0.381 e. The van der Waals surface area contributed by atoms with E-state index in [9.17, 15) is 0 Å². The Morgan fingerprint density at radius 3 is 2.73 bits per heavy atom. The summed E-state index contributed by atoms with van der Waals surface area (Å²) >= 11 is 0. The SMILES string of the molecule is CC1COC(CN)CN1C1CCOCC1. The smallest absolute Gasteiger partial charge is 0.0824 e. The second-order valence-electron chi connectivity index (χ2n) is 4.58. The summed E-state index contributed by atoms with van der Waals surface area (Å²) in [6, 6.07) is 1.20. The highest BCUT2D eigenvalue weighted by molar-refractivity contribution is 4.84. The monoisotopic (exact) mass is 214 g/mol. The molecule has 15 heavy (non-hydrogen) atoms. The van der Waals surface area contributed by atoms with Crippen molar-refractivity contribution >= 4 is 0 Å². The van der Waals surface area contributed by atoms with Gasteiger partial charge in [-0.3, -0.25) is 4.90 Å². The Hall–Kier alpha value is -0.160. The molecule has 2 N–H and O–H groups in total. The Labute approximate surface area is 91.7 Å². The number of hydrogen-bond donors (Lipinski definition) is 1. The molecule has 2 rings (SSSR count). The number of morpholine rings is 1. The summed E-state index contributed by atoms with van der Waals surface area (Å²) in [6.45, 7) is 6.49. The summed E-state index contributed by atoms with van der Waals surface area (Å²) in [5.74, 6) is 0. The molecule has 0 amide bonds. The van der Waals surface area contributed by atoms with Crippen molar-refractivity contribution in [2.45, 2.75) is 38.0 Å². The fourth-order valence-electron chi connectivity index (χ4n) is 2.51. The maximum Gasteiger partial charge on any atom is 0.0824 e. The van der Waals surface area contributed by atoms with Crippen LogP contribution in [0, 0.1) is 0 Å². The van der Waals surface area contributed by atoms with E-state index in [4.69, 9.17) is 15.2 Å². The highest BCUT2D eigenvalue weighted by Gasteiger charge is 2.31. The molecule has 2 atom stereocenters. The molecule has 0 aromatic carbocycles. The molecule has 0 aromatic heterocycles. The van der Waals surface area contributed by atoms with Gasteiger partial charge in [0.05, 0.1) is 12.7 Å². The van der Waals surface area contributed by atoms with Gasteiger partial charge in [-0.1, -0.05) is 0 Å². The number of hydrogen-bond acceptors (Lipinski definition) is 4. The van der Waals surface area contributed by atoms with E-state index in [1.165, 1.54) is 0 Å². The van der Waals surface area contributed by atoms with Crippen LogP contribution < -0.4 is 5.73 Å². The van der Waals surface area contributed by atoms with Crippen LogP contribution in [0.2, 0.25) is 0 Å². The van der Waals surface area contributed by atoms with Crippen LogP contribution in [0.5, 0.6) is 0 Å². The molecule has 0 aromatic rings. The van der Waals surface area contributed by atoms with Gasteiger partial charge in [0.1, 0.15) is 0 Å². The van der Waals surface area contributed by atoms with Crippen LogP contribution in [-0.2, 0) is 9.47 Å². The molecule has 2 unspecified atom stereocenters. The second kappa shape index (κ2) is 5.25. The first-order valence-electron chi connectivity index (χ1n) is 5.96. The molecule has 2 fully saturated rings. The minimum Gasteiger partial charge on any atom is -0.381 e. The first kappa shape index (κ1) is 11.3. The Bertz CT molecular complexity index is 195. The van der Waals surface area contributed by atoms with Gasteiger partial charge in [0.15, 0.2) is 0 Å². The predicted octanol–water partition coefficient (Wildman–Crippen LogP) is 0.213. The zero-order valence-electron chi connectivity index (χ0n) is 9.52. The van der Waals surface area contributed by atoms with Crippen molar-refractivity contribution in [2.75, 3.05) is 32.9 Å². The fourth-order valence-corrected chi connectivity index (χ4v) is 2.51. The zero-order valence-corrected chi connectivity index (χ0v) is 9.52. The van der Waals surface area contributed by atoms with Gasteiger partial charge >= 0.3 is 0 Å². The average Bonchev–Trinajstić information content (AvgIpc) is 2.31. The third kappa shape index (κ3) is 2.69. The van der Waals surface area contributed by atoms with Crippen LogP contribution in [0.3, 0.4) is 0 Å². The van der Waals surface area contributed by atoms with E-state index >= 15 is 0 Å². The van der Waals surface area contributed by atoms with Crippen molar-refractivity contribution in [3.63, 3.8) is 0 Å². The van der Waals surface area contributed by atoms with Crippen LogP contribution in [0.4, 0.5) is 0 Å². The van der Waals surface area contributed by atoms with Crippen LogP contribution in [-0.4, -0.2) is 56.0 Å². The molecular weight excluding hydrogens is 192 g/mol. The zero-order chi connectivity index (χ0) is 10.7. The third-order valence-corrected chi connectivity index (χ3v) is 3.48. The maximum atomic E-state index is 5.66. The van der Waals surface area contributed by atoms with E-state index in [0.29, 0.717) is 18.6 Å². The van der Waals surface area contributed by atoms with Gasteiger partial charge in [-0.05, 0) is 19.8 Å². The van der Waals surface area contributed by atoms with Crippen molar-refractivity contribution in [2.24, 2.45) is 5.73 Å². The molecule has 0 saturated carbocycles. The molecule has 2 saturated heterocycles. The van der Waals surface area contributed by atoms with Gasteiger partial charge in [0, 0.05) is 38.4 Å². The van der Waals surface area contributed by atoms with Crippen LogP contribution in [0.1, 0.15) is 19.8 Å². The Kier molecular flexibility index (Phi) is 3.97. The topological polar surface area (TPSA) is 47.7 Å². The molecule has 4 heteroatoms. The lowest BCUT2D eigenvalue weighted by Crippen LogP contribution is -2.55. The first-order chi connectivity index (χ1) is 7.31. The van der Waals surface area contributed by atoms with Crippen molar-refractivity contribution in [3.05, 3.63) is 0 Å². The van der Waals surface area contributed by atoms with Gasteiger partial charge in [0.2, 0.25) is 0 Å². The summed E-state index contributed by atoms with van der Waals surface area (Å²) in [4.78, 5) is 2.56. The van der Waals surface area contributed by atoms with E-state index in [0.717, 1.165) is 39.2 Å². The summed E-state index contributed by atoms with van der Waals surface area (Å²) in [6.07, 6.45) is 2.53. The minimum atomic E-state index is 0.226. The average molecular weight is 214 g/mol. The third-order valence-electron chi connectivity index (χ3n) is 3.48. The Morgan fingerprint density at radius 1 is 1.33 bits per heavy atom. The lowest BCUT2D eigenvalue weighted by atomic mass is 10.0. The Morgan fingerprint density at radius 2 is 2.07 bits per heavy atom. The van der Waals surface area contributed by atoms with Gasteiger partial charge in [-0.2, -0.15) is 0 Å². The predicted molar refractivity (Wildman–Crippen MR) is 58.8 cm³/mol. The van der Waals surface area contributed by atoms with Gasteiger partial charge < -0.3 is 15.2 Å². The van der Waals surface area contributed by atoms with E-state index in [-0.39, 0.29) is 6.10 Å². The van der Waals surface area contributed by atoms with Crippen molar-refractivity contribution in [3.8, 4) is 0 Å². The summed E-state index contributed by atoms with van der Waals surface area (Å²) in [7, 11) is 0. The molecule has 0 radical (unpaired) electrons. The molecule has 2 aliphatic rings. The van der Waals surface area contributed by atoms with Crippen molar-refractivity contribution in [1.29, 1.82) is 0 Å². The lowest BCUT2D eigenvalue weighted by Gasteiger charge is -2.43. The van der Waals surface area contributed by atoms with Crippen LogP contribution in [0.15, 0.2) is 0 Å². The fraction of sp³-hybridized carbons (Fsp3) is 1.00. The Balaban J connectivity index is 1.92. The highest BCUT2D eigenvalue weighted by Crippen LogP contribution is 2.21. The van der Waals surface area contributed by atoms with E-state index in [1.54, 1.807) is 0 Å². The van der Waals surface area contributed by atoms with Crippen molar-refractivity contribution in [1.82, 2.24) is 4.90 Å². The van der Waals surface area contributed by atoms with Gasteiger partial charge in [-0.25, -0.2) is 0 Å².